The van der Waals surface area contributed by atoms with E-state index in [0.29, 0.717) is 16.5 Å². The first-order chi connectivity index (χ1) is 15.2. The number of rotatable bonds is 8. The summed E-state index contributed by atoms with van der Waals surface area (Å²) in [6.07, 6.45) is 7.59. The van der Waals surface area contributed by atoms with Gasteiger partial charge in [0.25, 0.3) is 0 Å². The largest absolute Gasteiger partial charge is 0.207 e. The van der Waals surface area contributed by atoms with Crippen molar-refractivity contribution in [2.24, 2.45) is 0 Å². The number of aryl methyl sites for hydroxylation is 1. The Morgan fingerprint density at radius 1 is 0.613 bits per heavy atom. The number of hydrogen-bond acceptors (Lipinski definition) is 0. The maximum Gasteiger partial charge on any atom is 0.138 e. The van der Waals surface area contributed by atoms with Crippen molar-refractivity contribution < 1.29 is 8.78 Å². The summed E-state index contributed by atoms with van der Waals surface area (Å²) in [5, 5.41) is 1.44. The van der Waals surface area contributed by atoms with Crippen LogP contribution in [-0.4, -0.2) is 0 Å². The molecule has 0 radical (unpaired) electrons. The van der Waals surface area contributed by atoms with Gasteiger partial charge >= 0.3 is 0 Å². The molecule has 2 heteroatoms. The molecule has 0 aliphatic heterocycles. The highest BCUT2D eigenvalue weighted by Crippen LogP contribution is 2.32. The summed E-state index contributed by atoms with van der Waals surface area (Å²) < 4.78 is 28.3. The summed E-state index contributed by atoms with van der Waals surface area (Å²) in [4.78, 5) is 0. The molecule has 0 heterocycles. The molecule has 0 saturated heterocycles. The van der Waals surface area contributed by atoms with E-state index in [-0.39, 0.29) is 11.6 Å². The van der Waals surface area contributed by atoms with Crippen molar-refractivity contribution in [3.05, 3.63) is 96.1 Å². The van der Waals surface area contributed by atoms with E-state index in [2.05, 4.69) is 31.2 Å². The van der Waals surface area contributed by atoms with E-state index in [1.807, 2.05) is 24.3 Å². The van der Waals surface area contributed by atoms with Gasteiger partial charge in [-0.05, 0) is 58.7 Å². The Balaban J connectivity index is 1.53. The predicted octanol–water partition coefficient (Wildman–Crippen LogP) is 8.96. The van der Waals surface area contributed by atoms with E-state index >= 15 is 4.39 Å². The zero-order valence-electron chi connectivity index (χ0n) is 18.0. The molecule has 0 aliphatic carbocycles. The van der Waals surface area contributed by atoms with Crippen LogP contribution >= 0.6 is 0 Å². The van der Waals surface area contributed by atoms with Crippen LogP contribution in [0.1, 0.15) is 44.6 Å². The van der Waals surface area contributed by atoms with Crippen LogP contribution in [0, 0.1) is 11.6 Å². The van der Waals surface area contributed by atoms with E-state index in [1.165, 1.54) is 49.8 Å². The second-order valence-electron chi connectivity index (χ2n) is 8.23. The SMILES string of the molecule is CCCCCCCc1ccc(-c2ccc3c(F)c(-c4ccc(F)cc4)ccc3c2)cc1. The number of fused-ring (bicyclic) bond motifs is 1. The van der Waals surface area contributed by atoms with Crippen LogP contribution in [0.3, 0.4) is 0 Å². The van der Waals surface area contributed by atoms with Crippen molar-refractivity contribution in [3.8, 4) is 22.3 Å². The maximum atomic E-state index is 15.1. The van der Waals surface area contributed by atoms with Crippen LogP contribution in [0.2, 0.25) is 0 Å². The van der Waals surface area contributed by atoms with E-state index in [9.17, 15) is 4.39 Å². The molecule has 0 saturated carbocycles. The van der Waals surface area contributed by atoms with E-state index < -0.39 is 0 Å². The van der Waals surface area contributed by atoms with Gasteiger partial charge in [-0.3, -0.25) is 0 Å². The first-order valence-corrected chi connectivity index (χ1v) is 11.2. The lowest BCUT2D eigenvalue weighted by atomic mass is 9.96. The van der Waals surface area contributed by atoms with Gasteiger partial charge in [-0.1, -0.05) is 93.3 Å². The van der Waals surface area contributed by atoms with Crippen LogP contribution in [0.25, 0.3) is 33.0 Å². The normalized spacial score (nSPS) is 11.2. The third-order valence-corrected chi connectivity index (χ3v) is 5.97. The average Bonchev–Trinajstić information content (AvgIpc) is 2.80. The number of benzene rings is 4. The van der Waals surface area contributed by atoms with E-state index in [1.54, 1.807) is 18.2 Å². The Labute approximate surface area is 183 Å². The van der Waals surface area contributed by atoms with Gasteiger partial charge in [0.2, 0.25) is 0 Å². The molecule has 0 N–H and O–H groups in total. The zero-order valence-corrected chi connectivity index (χ0v) is 18.0. The fourth-order valence-electron chi connectivity index (χ4n) is 4.12. The van der Waals surface area contributed by atoms with Gasteiger partial charge in [0.15, 0.2) is 0 Å². The number of hydrogen-bond donors (Lipinski definition) is 0. The highest BCUT2D eigenvalue weighted by Gasteiger charge is 2.10. The molecule has 0 aromatic heterocycles. The van der Waals surface area contributed by atoms with Gasteiger partial charge < -0.3 is 0 Å². The molecular weight excluding hydrogens is 386 g/mol. The topological polar surface area (TPSA) is 0 Å². The van der Waals surface area contributed by atoms with Crippen molar-refractivity contribution in [3.63, 3.8) is 0 Å². The standard InChI is InChI=1S/C29H28F2/c1-2-3-4-5-6-7-21-8-10-22(11-9-21)24-14-18-28-25(20-24)15-19-27(29(28)31)23-12-16-26(30)17-13-23/h8-20H,2-7H2,1H3. The number of halogens is 2. The lowest BCUT2D eigenvalue weighted by Gasteiger charge is -2.10. The van der Waals surface area contributed by atoms with Crippen LogP contribution in [-0.2, 0) is 6.42 Å². The van der Waals surface area contributed by atoms with Crippen LogP contribution < -0.4 is 0 Å². The van der Waals surface area contributed by atoms with E-state index in [0.717, 1.165) is 22.9 Å². The summed E-state index contributed by atoms with van der Waals surface area (Å²) in [6, 6.07) is 24.2. The van der Waals surface area contributed by atoms with Crippen molar-refractivity contribution >= 4 is 10.8 Å². The smallest absolute Gasteiger partial charge is 0.138 e. The molecular formula is C29H28F2. The molecule has 4 aromatic rings. The highest BCUT2D eigenvalue weighted by molar-refractivity contribution is 5.91. The first kappa shape index (κ1) is 21.2. The zero-order chi connectivity index (χ0) is 21.6. The van der Waals surface area contributed by atoms with Gasteiger partial charge in [-0.2, -0.15) is 0 Å². The van der Waals surface area contributed by atoms with Crippen LogP contribution in [0.15, 0.2) is 78.9 Å². The molecule has 4 aromatic carbocycles. The monoisotopic (exact) mass is 414 g/mol. The predicted molar refractivity (Wildman–Crippen MR) is 127 cm³/mol. The molecule has 0 bridgehead atoms. The Morgan fingerprint density at radius 3 is 2.03 bits per heavy atom. The molecule has 31 heavy (non-hydrogen) atoms. The summed E-state index contributed by atoms with van der Waals surface area (Å²) >= 11 is 0. The third-order valence-electron chi connectivity index (χ3n) is 5.97. The fraction of sp³-hybridized carbons (Fsp3) is 0.241. The highest BCUT2D eigenvalue weighted by atomic mass is 19.1. The van der Waals surface area contributed by atoms with Crippen molar-refractivity contribution in [1.29, 1.82) is 0 Å². The molecule has 0 amide bonds. The van der Waals surface area contributed by atoms with Crippen LogP contribution in [0.5, 0.6) is 0 Å². The van der Waals surface area contributed by atoms with Gasteiger partial charge in [-0.15, -0.1) is 0 Å². The Morgan fingerprint density at radius 2 is 1.29 bits per heavy atom. The molecule has 0 atom stereocenters. The second-order valence-corrected chi connectivity index (χ2v) is 8.23. The Kier molecular flexibility index (Phi) is 6.76. The average molecular weight is 415 g/mol. The molecule has 4 rings (SSSR count). The molecule has 0 unspecified atom stereocenters. The summed E-state index contributed by atoms with van der Waals surface area (Å²) in [5.41, 5.74) is 4.75. The summed E-state index contributed by atoms with van der Waals surface area (Å²) in [5.74, 6) is -0.592. The minimum absolute atomic E-state index is 0.269. The van der Waals surface area contributed by atoms with Crippen molar-refractivity contribution in [2.75, 3.05) is 0 Å². The minimum atomic E-state index is -0.322. The lowest BCUT2D eigenvalue weighted by Crippen LogP contribution is -1.89. The Bertz CT molecular complexity index is 1140. The fourth-order valence-corrected chi connectivity index (χ4v) is 4.12. The van der Waals surface area contributed by atoms with Gasteiger partial charge in [0.1, 0.15) is 11.6 Å². The number of unbranched alkanes of at least 4 members (excludes halogenated alkanes) is 4. The second kappa shape index (κ2) is 9.87. The quantitative estimate of drug-likeness (QED) is 0.252. The molecule has 0 spiro atoms. The van der Waals surface area contributed by atoms with Gasteiger partial charge in [0, 0.05) is 10.9 Å². The van der Waals surface area contributed by atoms with Crippen molar-refractivity contribution in [1.82, 2.24) is 0 Å². The molecule has 0 aliphatic rings. The minimum Gasteiger partial charge on any atom is -0.207 e. The van der Waals surface area contributed by atoms with Gasteiger partial charge in [-0.25, -0.2) is 8.78 Å². The maximum absolute atomic E-state index is 15.1. The summed E-state index contributed by atoms with van der Waals surface area (Å²) in [7, 11) is 0. The first-order valence-electron chi connectivity index (χ1n) is 11.2. The Hall–Kier alpha value is -3.00. The van der Waals surface area contributed by atoms with Crippen LogP contribution in [0.4, 0.5) is 8.78 Å². The van der Waals surface area contributed by atoms with Crippen molar-refractivity contribution in [2.45, 2.75) is 45.4 Å². The lowest BCUT2D eigenvalue weighted by molar-refractivity contribution is 0.627. The van der Waals surface area contributed by atoms with E-state index in [4.69, 9.17) is 0 Å². The molecule has 0 fully saturated rings. The van der Waals surface area contributed by atoms with Gasteiger partial charge in [0.05, 0.1) is 0 Å². The third kappa shape index (κ3) is 5.02. The summed E-state index contributed by atoms with van der Waals surface area (Å²) in [6.45, 7) is 2.24. The molecule has 158 valence electrons. The molecule has 0 nitrogen and oxygen atoms in total.